The quantitative estimate of drug-likeness (QED) is 0.504. The molecule has 1 aromatic carbocycles. The number of non-ortho nitro benzene ring substituents is 1. The number of carbonyl (C=O) groups is 2. The highest BCUT2D eigenvalue weighted by Crippen LogP contribution is 2.55. The number of benzene rings is 1. The zero-order chi connectivity index (χ0) is 18.6. The molecule has 0 aromatic heterocycles. The second-order valence-electron chi connectivity index (χ2n) is 7.22. The highest BCUT2D eigenvalue weighted by atomic mass is 16.6. The molecule has 1 amide bonds. The van der Waals surface area contributed by atoms with Crippen molar-refractivity contribution in [3.05, 3.63) is 33.4 Å². The minimum atomic E-state index is -1.02. The number of aryl methyl sites for hydroxylation is 1. The third kappa shape index (κ3) is 2.11. The van der Waals surface area contributed by atoms with Crippen LogP contribution >= 0.6 is 0 Å². The molecule has 1 spiro atoms. The van der Waals surface area contributed by atoms with Gasteiger partial charge in [-0.05, 0) is 45.2 Å². The first-order valence-corrected chi connectivity index (χ1v) is 8.94. The van der Waals surface area contributed by atoms with Crippen molar-refractivity contribution in [2.24, 2.45) is 5.92 Å². The number of nitrogens with one attached hydrogen (secondary N) is 1. The summed E-state index contributed by atoms with van der Waals surface area (Å²) in [4.78, 5) is 38.5. The Morgan fingerprint density at radius 2 is 2.27 bits per heavy atom. The van der Waals surface area contributed by atoms with Gasteiger partial charge in [-0.25, -0.2) is 0 Å². The van der Waals surface area contributed by atoms with Crippen LogP contribution in [0.4, 0.5) is 11.4 Å². The lowest BCUT2D eigenvalue weighted by Gasteiger charge is -2.32. The molecular formula is C18H21N3O5. The van der Waals surface area contributed by atoms with E-state index in [9.17, 15) is 19.7 Å². The maximum absolute atomic E-state index is 13.1. The molecule has 2 saturated heterocycles. The monoisotopic (exact) mass is 359 g/mol. The minimum Gasteiger partial charge on any atom is -0.466 e. The summed E-state index contributed by atoms with van der Waals surface area (Å²) in [5.41, 5.74) is 0.857. The fourth-order valence-corrected chi connectivity index (χ4v) is 4.94. The number of nitro groups is 1. The van der Waals surface area contributed by atoms with E-state index in [0.29, 0.717) is 36.4 Å². The van der Waals surface area contributed by atoms with Crippen molar-refractivity contribution < 1.29 is 19.2 Å². The minimum absolute atomic E-state index is 0.0348. The topological polar surface area (TPSA) is 102 Å². The van der Waals surface area contributed by atoms with Crippen molar-refractivity contribution in [1.29, 1.82) is 0 Å². The molecule has 8 nitrogen and oxygen atoms in total. The average molecular weight is 359 g/mol. The molecule has 0 aliphatic carbocycles. The number of amides is 1. The summed E-state index contributed by atoms with van der Waals surface area (Å²) in [5, 5.41) is 14.2. The molecule has 3 aliphatic heterocycles. The number of nitrogens with zero attached hydrogens (tertiary/aromatic N) is 2. The van der Waals surface area contributed by atoms with E-state index in [1.54, 1.807) is 13.8 Å². The molecule has 8 heteroatoms. The number of hydrogen-bond acceptors (Lipinski definition) is 6. The molecule has 0 bridgehead atoms. The average Bonchev–Trinajstić information content (AvgIpc) is 3.24. The molecule has 0 saturated carbocycles. The van der Waals surface area contributed by atoms with Gasteiger partial charge in [0.25, 0.3) is 5.69 Å². The fourth-order valence-electron chi connectivity index (χ4n) is 4.94. The lowest BCUT2D eigenvalue weighted by Crippen LogP contribution is -2.47. The van der Waals surface area contributed by atoms with Crippen molar-refractivity contribution in [2.75, 3.05) is 18.5 Å². The van der Waals surface area contributed by atoms with Gasteiger partial charge in [0.15, 0.2) is 0 Å². The summed E-state index contributed by atoms with van der Waals surface area (Å²) < 4.78 is 5.24. The van der Waals surface area contributed by atoms with Gasteiger partial charge >= 0.3 is 5.97 Å². The van der Waals surface area contributed by atoms with Gasteiger partial charge in [0.2, 0.25) is 5.91 Å². The molecule has 26 heavy (non-hydrogen) atoms. The highest BCUT2D eigenvalue weighted by Gasteiger charge is 2.63. The van der Waals surface area contributed by atoms with Crippen molar-refractivity contribution in [1.82, 2.24) is 4.90 Å². The van der Waals surface area contributed by atoms with Crippen LogP contribution < -0.4 is 5.32 Å². The maximum atomic E-state index is 13.1. The van der Waals surface area contributed by atoms with Crippen molar-refractivity contribution in [3.8, 4) is 0 Å². The lowest BCUT2D eigenvalue weighted by molar-refractivity contribution is -0.385. The Hall–Kier alpha value is -2.48. The number of carbonyl (C=O) groups excluding carboxylic acids is 2. The summed E-state index contributed by atoms with van der Waals surface area (Å²) in [5.74, 6) is -0.881. The van der Waals surface area contributed by atoms with E-state index in [1.807, 2.05) is 0 Å². The molecular weight excluding hydrogens is 338 g/mol. The van der Waals surface area contributed by atoms with Crippen LogP contribution in [0.1, 0.15) is 37.3 Å². The summed E-state index contributed by atoms with van der Waals surface area (Å²) in [6, 6.07) is 2.89. The molecule has 3 heterocycles. The zero-order valence-electron chi connectivity index (χ0n) is 14.8. The largest absolute Gasteiger partial charge is 0.466 e. The van der Waals surface area contributed by atoms with E-state index in [1.165, 1.54) is 12.1 Å². The Morgan fingerprint density at radius 1 is 1.50 bits per heavy atom. The highest BCUT2D eigenvalue weighted by molar-refractivity contribution is 6.07. The van der Waals surface area contributed by atoms with Gasteiger partial charge in [-0.15, -0.1) is 0 Å². The van der Waals surface area contributed by atoms with Crippen molar-refractivity contribution in [3.63, 3.8) is 0 Å². The van der Waals surface area contributed by atoms with Crippen LogP contribution in [-0.2, 0) is 19.9 Å². The molecule has 0 radical (unpaired) electrons. The predicted octanol–water partition coefficient (Wildman–Crippen LogP) is 2.10. The van der Waals surface area contributed by atoms with E-state index in [-0.39, 0.29) is 23.6 Å². The normalized spacial score (nSPS) is 29.5. The van der Waals surface area contributed by atoms with Gasteiger partial charge in [0.05, 0.1) is 17.4 Å². The molecule has 138 valence electrons. The number of fused-ring (bicyclic) bond motifs is 4. The maximum Gasteiger partial charge on any atom is 0.310 e. The Labute approximate surface area is 150 Å². The van der Waals surface area contributed by atoms with E-state index >= 15 is 0 Å². The van der Waals surface area contributed by atoms with Crippen LogP contribution in [-0.4, -0.2) is 40.9 Å². The summed E-state index contributed by atoms with van der Waals surface area (Å²) >= 11 is 0. The lowest BCUT2D eigenvalue weighted by atomic mass is 9.83. The van der Waals surface area contributed by atoms with Gasteiger partial charge < -0.3 is 10.1 Å². The number of hydrogen-bond donors (Lipinski definition) is 1. The van der Waals surface area contributed by atoms with Crippen LogP contribution in [0.25, 0.3) is 0 Å². The SMILES string of the molecule is CCOC(=O)[C@H]1C[C@]2(C(=O)Nc3c(C)cc([N+](=O)[O-])cc32)N2CCC[C@H]12. The third-order valence-electron chi connectivity index (χ3n) is 5.95. The van der Waals surface area contributed by atoms with Crippen LogP contribution in [0.3, 0.4) is 0 Å². The molecule has 0 unspecified atom stereocenters. The smallest absolute Gasteiger partial charge is 0.310 e. The van der Waals surface area contributed by atoms with Gasteiger partial charge in [0, 0.05) is 29.4 Å². The first kappa shape index (κ1) is 17.0. The van der Waals surface area contributed by atoms with Crippen LogP contribution in [0, 0.1) is 23.0 Å². The van der Waals surface area contributed by atoms with Gasteiger partial charge in [0.1, 0.15) is 5.54 Å². The Kier molecular flexibility index (Phi) is 3.76. The Balaban J connectivity index is 1.86. The second-order valence-corrected chi connectivity index (χ2v) is 7.22. The zero-order valence-corrected chi connectivity index (χ0v) is 14.8. The number of ether oxygens (including phenoxy) is 1. The molecule has 2 fully saturated rings. The molecule has 4 rings (SSSR count). The molecule has 1 aromatic rings. The first-order valence-electron chi connectivity index (χ1n) is 8.94. The first-order chi connectivity index (χ1) is 12.4. The third-order valence-corrected chi connectivity index (χ3v) is 5.95. The summed E-state index contributed by atoms with van der Waals surface area (Å²) in [6.45, 7) is 4.50. The van der Waals surface area contributed by atoms with Gasteiger partial charge in [-0.1, -0.05) is 0 Å². The van der Waals surface area contributed by atoms with E-state index in [0.717, 1.165) is 12.8 Å². The number of esters is 1. The molecule has 3 aliphatic rings. The fraction of sp³-hybridized carbons (Fsp3) is 0.556. The molecule has 1 N–H and O–H groups in total. The second kappa shape index (κ2) is 5.77. The summed E-state index contributed by atoms with van der Waals surface area (Å²) in [6.07, 6.45) is 2.01. The van der Waals surface area contributed by atoms with Gasteiger partial charge in [-0.2, -0.15) is 0 Å². The van der Waals surface area contributed by atoms with E-state index in [2.05, 4.69) is 10.2 Å². The van der Waals surface area contributed by atoms with Gasteiger partial charge in [-0.3, -0.25) is 24.6 Å². The Morgan fingerprint density at radius 3 is 2.96 bits per heavy atom. The van der Waals surface area contributed by atoms with Crippen LogP contribution in [0.2, 0.25) is 0 Å². The van der Waals surface area contributed by atoms with E-state index in [4.69, 9.17) is 4.74 Å². The predicted molar refractivity (Wildman–Crippen MR) is 92.6 cm³/mol. The van der Waals surface area contributed by atoms with Crippen molar-refractivity contribution in [2.45, 2.75) is 44.7 Å². The van der Waals surface area contributed by atoms with Crippen molar-refractivity contribution >= 4 is 23.3 Å². The summed E-state index contributed by atoms with van der Waals surface area (Å²) in [7, 11) is 0. The molecule has 3 atom stereocenters. The van der Waals surface area contributed by atoms with Crippen LogP contribution in [0.5, 0.6) is 0 Å². The number of rotatable bonds is 3. The number of nitro benzene ring substituents is 1. The van der Waals surface area contributed by atoms with Crippen LogP contribution in [0.15, 0.2) is 12.1 Å². The van der Waals surface area contributed by atoms with E-state index < -0.39 is 16.4 Å². The standard InChI is InChI=1S/C18H21N3O5/c1-3-26-16(22)12-9-18(20-6-4-5-14(12)20)13-8-11(21(24)25)7-10(2)15(13)19-17(18)23/h7-8,12,14H,3-6,9H2,1-2H3,(H,19,23)/t12-,14+,18-/m0/s1. The Bertz CT molecular complexity index is 823. The number of anilines is 1.